The maximum absolute atomic E-state index is 12.0. The topological polar surface area (TPSA) is 17.8 Å². The van der Waals surface area contributed by atoms with Gasteiger partial charge < -0.3 is 0 Å². The summed E-state index contributed by atoms with van der Waals surface area (Å²) >= 11 is 5.06. The number of nitrogens with zero attached hydrogens (tertiary/aromatic N) is 2. The summed E-state index contributed by atoms with van der Waals surface area (Å²) in [6.07, 6.45) is 1.76. The first-order chi connectivity index (χ1) is 5.79. The molecule has 2 nitrogen and oxygen atoms in total. The quantitative estimate of drug-likeness (QED) is 0.768. The fourth-order valence-electron chi connectivity index (χ4n) is 0.842. The van der Waals surface area contributed by atoms with E-state index in [1.165, 1.54) is 0 Å². The molecule has 0 saturated heterocycles. The second-order valence-corrected chi connectivity index (χ2v) is 4.20. The first kappa shape index (κ1) is 10.1. The molecule has 1 aromatic heterocycles. The lowest BCUT2D eigenvalue weighted by atomic mass is 10.7. The minimum atomic E-state index is -0.378. The van der Waals surface area contributed by atoms with E-state index in [1.54, 1.807) is 22.6 Å². The molecule has 0 aliphatic carbocycles. The van der Waals surface area contributed by atoms with Gasteiger partial charge in [0.1, 0.15) is 11.3 Å². The van der Waals surface area contributed by atoms with Crippen LogP contribution in [0.3, 0.4) is 0 Å². The predicted octanol–water partition coefficient (Wildman–Crippen LogP) is 2.73. The Morgan fingerprint density at radius 1 is 1.75 bits per heavy atom. The Morgan fingerprint density at radius 3 is 3.08 bits per heavy atom. The minimum absolute atomic E-state index is 0.324. The van der Waals surface area contributed by atoms with Crippen LogP contribution in [0.5, 0.6) is 0 Å². The Morgan fingerprint density at radius 2 is 2.50 bits per heavy atom. The van der Waals surface area contributed by atoms with Crippen LogP contribution in [0.2, 0.25) is 0 Å². The fourth-order valence-corrected chi connectivity index (χ4v) is 2.21. The summed E-state index contributed by atoms with van der Waals surface area (Å²) in [5.41, 5.74) is 0. The fraction of sp³-hybridized carbons (Fsp3) is 0.571. The lowest BCUT2D eigenvalue weighted by Crippen LogP contribution is -2.01. The van der Waals surface area contributed by atoms with Gasteiger partial charge in [0.05, 0.1) is 17.6 Å². The second-order valence-electron chi connectivity index (χ2n) is 2.14. The summed E-state index contributed by atoms with van der Waals surface area (Å²) in [6.45, 7) is 2.02. The van der Waals surface area contributed by atoms with Crippen molar-refractivity contribution in [2.45, 2.75) is 18.4 Å². The van der Waals surface area contributed by atoms with Crippen molar-refractivity contribution in [3.8, 4) is 0 Å². The van der Waals surface area contributed by atoms with E-state index in [-0.39, 0.29) is 6.67 Å². The van der Waals surface area contributed by atoms with Crippen LogP contribution in [-0.2, 0) is 6.54 Å². The zero-order valence-corrected chi connectivity index (χ0v) is 9.16. The molecule has 1 aromatic rings. The van der Waals surface area contributed by atoms with E-state index in [9.17, 15) is 4.39 Å². The zero-order chi connectivity index (χ0) is 8.97. The number of aryl methyl sites for hydroxylation is 1. The summed E-state index contributed by atoms with van der Waals surface area (Å²) < 4.78 is 14.5. The molecule has 0 bridgehead atoms. The maximum Gasteiger partial charge on any atom is 0.117 e. The van der Waals surface area contributed by atoms with Gasteiger partial charge >= 0.3 is 0 Å². The lowest BCUT2D eigenvalue weighted by molar-refractivity contribution is 0.423. The van der Waals surface area contributed by atoms with Crippen molar-refractivity contribution in [1.82, 2.24) is 9.78 Å². The Labute approximate surface area is 83.7 Å². The van der Waals surface area contributed by atoms with Crippen LogP contribution in [-0.4, -0.2) is 22.2 Å². The number of rotatable bonds is 4. The van der Waals surface area contributed by atoms with Crippen molar-refractivity contribution < 1.29 is 4.39 Å². The van der Waals surface area contributed by atoms with Gasteiger partial charge in [-0.15, -0.1) is 11.8 Å². The highest BCUT2D eigenvalue weighted by Crippen LogP contribution is 2.26. The summed E-state index contributed by atoms with van der Waals surface area (Å²) in [5.74, 6) is 1.000. The van der Waals surface area contributed by atoms with Gasteiger partial charge in [-0.05, 0) is 21.7 Å². The van der Waals surface area contributed by atoms with Gasteiger partial charge in [-0.3, -0.25) is 4.68 Å². The van der Waals surface area contributed by atoms with Crippen LogP contribution in [0.1, 0.15) is 6.92 Å². The van der Waals surface area contributed by atoms with Gasteiger partial charge in [0.25, 0.3) is 0 Å². The first-order valence-corrected chi connectivity index (χ1v) is 5.47. The molecule has 0 spiro atoms. The third-order valence-electron chi connectivity index (χ3n) is 1.34. The Bertz CT molecular complexity index is 228. The Balaban J connectivity index is 2.74. The zero-order valence-electron chi connectivity index (χ0n) is 6.76. The van der Waals surface area contributed by atoms with E-state index >= 15 is 0 Å². The van der Waals surface area contributed by atoms with Crippen molar-refractivity contribution >= 4 is 27.7 Å². The van der Waals surface area contributed by atoms with E-state index in [0.29, 0.717) is 6.54 Å². The van der Waals surface area contributed by atoms with Crippen molar-refractivity contribution in [3.63, 3.8) is 0 Å². The van der Waals surface area contributed by atoms with Gasteiger partial charge in [0.15, 0.2) is 0 Å². The van der Waals surface area contributed by atoms with Crippen molar-refractivity contribution in [1.29, 1.82) is 0 Å². The number of halogens is 2. The third-order valence-corrected chi connectivity index (χ3v) is 3.34. The monoisotopic (exact) mass is 252 g/mol. The van der Waals surface area contributed by atoms with Crippen LogP contribution >= 0.6 is 27.7 Å². The number of hydrogen-bond donors (Lipinski definition) is 0. The maximum atomic E-state index is 12.0. The second kappa shape index (κ2) is 4.87. The minimum Gasteiger partial charge on any atom is -0.255 e. The molecule has 0 radical (unpaired) electrons. The molecule has 12 heavy (non-hydrogen) atoms. The standard InChI is InChI=1S/C7H10BrFN2S/c1-2-12-6-5-10-11(4-3-9)7(6)8/h5H,2-4H2,1H3. The van der Waals surface area contributed by atoms with Crippen LogP contribution in [0.25, 0.3) is 0 Å². The third kappa shape index (κ3) is 2.23. The molecular weight excluding hydrogens is 243 g/mol. The molecule has 0 saturated carbocycles. The van der Waals surface area contributed by atoms with Gasteiger partial charge in [0, 0.05) is 0 Å². The molecule has 0 unspecified atom stereocenters. The molecule has 5 heteroatoms. The average molecular weight is 253 g/mol. The van der Waals surface area contributed by atoms with Gasteiger partial charge in [-0.25, -0.2) is 4.39 Å². The predicted molar refractivity (Wildman–Crippen MR) is 52.3 cm³/mol. The molecule has 68 valence electrons. The molecule has 0 aliphatic heterocycles. The van der Waals surface area contributed by atoms with Crippen LogP contribution in [0, 0.1) is 0 Å². The highest BCUT2D eigenvalue weighted by atomic mass is 79.9. The summed E-state index contributed by atoms with van der Waals surface area (Å²) in [7, 11) is 0. The van der Waals surface area contributed by atoms with Gasteiger partial charge in [-0.2, -0.15) is 5.10 Å². The van der Waals surface area contributed by atoms with E-state index in [2.05, 4.69) is 28.0 Å². The normalized spacial score (nSPS) is 10.6. The molecule has 0 amide bonds. The Kier molecular flexibility index (Phi) is 4.08. The molecular formula is C7H10BrFN2S. The van der Waals surface area contributed by atoms with E-state index in [4.69, 9.17) is 0 Å². The lowest BCUT2D eigenvalue weighted by Gasteiger charge is -1.99. The van der Waals surface area contributed by atoms with Gasteiger partial charge in [-0.1, -0.05) is 6.92 Å². The number of alkyl halides is 1. The highest BCUT2D eigenvalue weighted by Gasteiger charge is 2.06. The van der Waals surface area contributed by atoms with Crippen LogP contribution in [0.15, 0.2) is 15.7 Å². The summed E-state index contributed by atoms with van der Waals surface area (Å²) in [6, 6.07) is 0. The van der Waals surface area contributed by atoms with E-state index in [1.807, 2.05) is 0 Å². The molecule has 0 N–H and O–H groups in total. The highest BCUT2D eigenvalue weighted by molar-refractivity contribution is 9.10. The van der Waals surface area contributed by atoms with Crippen LogP contribution < -0.4 is 0 Å². The molecule has 1 rings (SSSR count). The largest absolute Gasteiger partial charge is 0.255 e. The van der Waals surface area contributed by atoms with Gasteiger partial charge in [0.2, 0.25) is 0 Å². The number of aromatic nitrogens is 2. The number of hydrogen-bond acceptors (Lipinski definition) is 2. The van der Waals surface area contributed by atoms with Crippen molar-refractivity contribution in [2.75, 3.05) is 12.4 Å². The van der Waals surface area contributed by atoms with E-state index in [0.717, 1.165) is 15.3 Å². The number of thioether (sulfide) groups is 1. The molecule has 1 heterocycles. The molecule has 0 aliphatic rings. The summed E-state index contributed by atoms with van der Waals surface area (Å²) in [5, 5.41) is 4.03. The molecule has 0 aromatic carbocycles. The average Bonchev–Trinajstić information content (AvgIpc) is 2.38. The molecule has 0 atom stereocenters. The SMILES string of the molecule is CCSc1cnn(CCF)c1Br. The smallest absolute Gasteiger partial charge is 0.117 e. The van der Waals surface area contributed by atoms with Crippen molar-refractivity contribution in [2.24, 2.45) is 0 Å². The van der Waals surface area contributed by atoms with E-state index < -0.39 is 0 Å². The summed E-state index contributed by atoms with van der Waals surface area (Å²) in [4.78, 5) is 1.07. The Hall–Kier alpha value is -0.0300. The first-order valence-electron chi connectivity index (χ1n) is 3.69. The van der Waals surface area contributed by atoms with Crippen LogP contribution in [0.4, 0.5) is 4.39 Å². The van der Waals surface area contributed by atoms with Crippen molar-refractivity contribution in [3.05, 3.63) is 10.8 Å². The molecule has 0 fully saturated rings.